The summed E-state index contributed by atoms with van der Waals surface area (Å²) in [5.74, 6) is -1.55. The van der Waals surface area contributed by atoms with Crippen molar-refractivity contribution in [2.75, 3.05) is 28.3 Å². The van der Waals surface area contributed by atoms with E-state index >= 15 is 0 Å². The number of nitrogens with zero attached hydrogens (tertiary/aromatic N) is 1. The van der Waals surface area contributed by atoms with E-state index < -0.39 is 17.7 Å². The van der Waals surface area contributed by atoms with Crippen molar-refractivity contribution in [2.45, 2.75) is 6.92 Å². The number of hydrogen-bond donors (Lipinski definition) is 0. The van der Waals surface area contributed by atoms with Crippen LogP contribution < -0.4 is 0 Å². The molecule has 0 radical (unpaired) electrons. The molecule has 0 aliphatic carbocycles. The number of hydrogen-bond acceptors (Lipinski definition) is 7. The molecule has 0 spiro atoms. The van der Waals surface area contributed by atoms with E-state index in [9.17, 15) is 14.4 Å². The fourth-order valence-electron chi connectivity index (χ4n) is 1.73. The van der Waals surface area contributed by atoms with Crippen LogP contribution in [0.1, 0.15) is 16.3 Å². The molecule has 0 unspecified atom stereocenters. The molecular formula is C16H19NO6. The maximum Gasteiger partial charge on any atom is 0.340 e. The smallest absolute Gasteiger partial charge is 0.340 e. The third-order valence-corrected chi connectivity index (χ3v) is 2.75. The molecule has 124 valence electrons. The molecule has 1 rings (SSSR count). The molecule has 0 N–H and O–H groups in total. The van der Waals surface area contributed by atoms with Crippen molar-refractivity contribution in [3.63, 3.8) is 0 Å². The summed E-state index contributed by atoms with van der Waals surface area (Å²) in [5.41, 5.74) is -0.312. The van der Waals surface area contributed by atoms with Gasteiger partial charge in [-0.3, -0.25) is 4.79 Å². The molecule has 0 saturated heterocycles. The Kier molecular flexibility index (Phi) is 6.32. The summed E-state index contributed by atoms with van der Waals surface area (Å²) in [4.78, 5) is 37.7. The quantitative estimate of drug-likeness (QED) is 0.339. The van der Waals surface area contributed by atoms with Gasteiger partial charge >= 0.3 is 11.9 Å². The van der Waals surface area contributed by atoms with Gasteiger partial charge in [-0.05, 0) is 19.1 Å². The fraction of sp³-hybridized carbons (Fsp3) is 0.312. The summed E-state index contributed by atoms with van der Waals surface area (Å²) >= 11 is 0. The molecule has 0 aliphatic rings. The van der Waals surface area contributed by atoms with Crippen LogP contribution in [0.15, 0.2) is 40.0 Å². The van der Waals surface area contributed by atoms with Gasteiger partial charge in [0.1, 0.15) is 5.76 Å². The molecule has 7 nitrogen and oxygen atoms in total. The normalized spacial score (nSPS) is 11.9. The van der Waals surface area contributed by atoms with Crippen LogP contribution in [0, 0.1) is 6.92 Å². The second-order valence-corrected chi connectivity index (χ2v) is 4.82. The topological polar surface area (TPSA) is 86.1 Å². The van der Waals surface area contributed by atoms with Crippen LogP contribution in [-0.4, -0.2) is 50.9 Å². The summed E-state index contributed by atoms with van der Waals surface area (Å²) in [6, 6.07) is 3.10. The molecule has 0 amide bonds. The van der Waals surface area contributed by atoms with Gasteiger partial charge in [-0.15, -0.1) is 0 Å². The average Bonchev–Trinajstić information content (AvgIpc) is 2.95. The van der Waals surface area contributed by atoms with Crippen LogP contribution in [-0.2, 0) is 19.1 Å². The summed E-state index contributed by atoms with van der Waals surface area (Å²) in [6.07, 6.45) is 2.37. The van der Waals surface area contributed by atoms with E-state index in [0.717, 1.165) is 13.2 Å². The van der Waals surface area contributed by atoms with Crippen LogP contribution in [0.25, 0.3) is 0 Å². The zero-order valence-corrected chi connectivity index (χ0v) is 13.7. The molecule has 7 heteroatoms. The van der Waals surface area contributed by atoms with Gasteiger partial charge in [0.2, 0.25) is 5.78 Å². The van der Waals surface area contributed by atoms with E-state index in [1.165, 1.54) is 19.4 Å². The molecule has 1 aromatic heterocycles. The van der Waals surface area contributed by atoms with Gasteiger partial charge in [0.15, 0.2) is 5.76 Å². The van der Waals surface area contributed by atoms with Gasteiger partial charge in [0.25, 0.3) is 0 Å². The molecule has 0 aliphatic heterocycles. The molecular weight excluding hydrogens is 302 g/mol. The Morgan fingerprint density at radius 2 is 1.61 bits per heavy atom. The number of furan rings is 1. The second-order valence-electron chi connectivity index (χ2n) is 4.82. The first-order chi connectivity index (χ1) is 10.8. The number of ketones is 1. The van der Waals surface area contributed by atoms with Gasteiger partial charge in [-0.2, -0.15) is 0 Å². The van der Waals surface area contributed by atoms with Gasteiger partial charge in [0.05, 0.1) is 25.4 Å². The van der Waals surface area contributed by atoms with Gasteiger partial charge in [0, 0.05) is 26.4 Å². The van der Waals surface area contributed by atoms with E-state index in [-0.39, 0.29) is 16.9 Å². The molecule has 0 saturated carbocycles. The van der Waals surface area contributed by atoms with Crippen molar-refractivity contribution in [3.05, 3.63) is 47.1 Å². The Morgan fingerprint density at radius 1 is 1.04 bits per heavy atom. The zero-order valence-electron chi connectivity index (χ0n) is 13.7. The first-order valence-corrected chi connectivity index (χ1v) is 6.67. The average molecular weight is 321 g/mol. The number of methoxy groups -OCH3 is 2. The first-order valence-electron chi connectivity index (χ1n) is 6.67. The predicted octanol–water partition coefficient (Wildman–Crippen LogP) is 1.49. The van der Waals surface area contributed by atoms with E-state index in [4.69, 9.17) is 4.42 Å². The van der Waals surface area contributed by atoms with E-state index in [1.54, 1.807) is 32.0 Å². The van der Waals surface area contributed by atoms with Gasteiger partial charge in [-0.25, -0.2) is 9.59 Å². The highest BCUT2D eigenvalue weighted by Gasteiger charge is 2.24. The summed E-state index contributed by atoms with van der Waals surface area (Å²) in [5, 5.41) is 0. The summed E-state index contributed by atoms with van der Waals surface area (Å²) in [7, 11) is 5.66. The highest BCUT2D eigenvalue weighted by atomic mass is 16.5. The third kappa shape index (κ3) is 4.84. The Hall–Kier alpha value is -2.83. The molecule has 0 aromatic carbocycles. The molecule has 0 bridgehead atoms. The highest BCUT2D eigenvalue weighted by Crippen LogP contribution is 2.17. The fourth-order valence-corrected chi connectivity index (χ4v) is 1.73. The Labute approximate surface area is 134 Å². The van der Waals surface area contributed by atoms with E-state index in [0.29, 0.717) is 5.76 Å². The molecule has 1 heterocycles. The standard InChI is InChI=1S/C16H19NO6/c1-10-6-7-14(23-10)13(18)8-11(15(19)21-4)12(9-17(2)3)16(20)22-5/h6-9H,1-5H3/b11-8+,12-9+. The zero-order chi connectivity index (χ0) is 17.6. The van der Waals surface area contributed by atoms with Gasteiger partial charge in [-0.1, -0.05) is 0 Å². The van der Waals surface area contributed by atoms with Crippen molar-refractivity contribution < 1.29 is 28.3 Å². The van der Waals surface area contributed by atoms with Crippen molar-refractivity contribution >= 4 is 17.7 Å². The third-order valence-electron chi connectivity index (χ3n) is 2.75. The number of esters is 2. The second kappa shape index (κ2) is 7.98. The van der Waals surface area contributed by atoms with Crippen molar-refractivity contribution in [3.8, 4) is 0 Å². The van der Waals surface area contributed by atoms with Crippen LogP contribution >= 0.6 is 0 Å². The Balaban J connectivity index is 3.36. The summed E-state index contributed by atoms with van der Waals surface area (Å²) < 4.78 is 14.5. The number of allylic oxidation sites excluding steroid dienone is 1. The Morgan fingerprint density at radius 3 is 2.04 bits per heavy atom. The lowest BCUT2D eigenvalue weighted by molar-refractivity contribution is -0.139. The van der Waals surface area contributed by atoms with Gasteiger partial charge < -0.3 is 18.8 Å². The number of rotatable bonds is 6. The molecule has 0 fully saturated rings. The molecule has 23 heavy (non-hydrogen) atoms. The maximum atomic E-state index is 12.2. The summed E-state index contributed by atoms with van der Waals surface area (Å²) in [6.45, 7) is 1.69. The predicted molar refractivity (Wildman–Crippen MR) is 81.7 cm³/mol. The lowest BCUT2D eigenvalue weighted by atomic mass is 10.0. The van der Waals surface area contributed by atoms with Crippen LogP contribution in [0.4, 0.5) is 0 Å². The number of carbonyl (C=O) groups excluding carboxylic acids is 3. The van der Waals surface area contributed by atoms with E-state index in [1.807, 2.05) is 0 Å². The minimum Gasteiger partial charge on any atom is -0.465 e. The van der Waals surface area contributed by atoms with Crippen molar-refractivity contribution in [1.82, 2.24) is 4.90 Å². The minimum absolute atomic E-state index is 0.0537. The number of aryl methyl sites for hydroxylation is 1. The highest BCUT2D eigenvalue weighted by molar-refractivity contribution is 6.13. The lowest BCUT2D eigenvalue weighted by Gasteiger charge is -2.12. The number of carbonyl (C=O) groups is 3. The monoisotopic (exact) mass is 321 g/mol. The van der Waals surface area contributed by atoms with E-state index in [2.05, 4.69) is 9.47 Å². The van der Waals surface area contributed by atoms with Crippen molar-refractivity contribution in [2.24, 2.45) is 0 Å². The largest absolute Gasteiger partial charge is 0.465 e. The maximum absolute atomic E-state index is 12.2. The first kappa shape index (κ1) is 18.2. The van der Waals surface area contributed by atoms with Crippen LogP contribution in [0.3, 0.4) is 0 Å². The number of ether oxygens (including phenoxy) is 2. The minimum atomic E-state index is -0.833. The van der Waals surface area contributed by atoms with Crippen LogP contribution in [0.2, 0.25) is 0 Å². The van der Waals surface area contributed by atoms with Crippen molar-refractivity contribution in [1.29, 1.82) is 0 Å². The molecule has 1 aromatic rings. The Bertz CT molecular complexity index is 666. The lowest BCUT2D eigenvalue weighted by Crippen LogP contribution is -2.19. The SMILES string of the molecule is COC(=O)C(=C/C(=O)c1ccc(C)o1)/C(=C\N(C)C)C(=O)OC. The molecule has 0 atom stereocenters. The van der Waals surface area contributed by atoms with Crippen LogP contribution in [0.5, 0.6) is 0 Å².